The molecule has 0 amide bonds. The van der Waals surface area contributed by atoms with Crippen LogP contribution in [0.1, 0.15) is 50.5 Å². The smallest absolute Gasteiger partial charge is 0.319 e. The molecule has 238 valence electrons. The number of hydrogen-bond acceptors (Lipinski definition) is 7. The Morgan fingerprint density at radius 2 is 1.91 bits per heavy atom. The number of aromatic hydroxyl groups is 1. The van der Waals surface area contributed by atoms with Gasteiger partial charge in [-0.2, -0.15) is 9.97 Å². The Balaban J connectivity index is 1.24. The number of benzene rings is 3. The largest absolute Gasteiger partial charge is 0.508 e. The monoisotopic (exact) mass is 642 g/mol. The highest BCUT2D eigenvalue weighted by atomic mass is 32.2. The van der Waals surface area contributed by atoms with Crippen LogP contribution in [0.3, 0.4) is 0 Å². The van der Waals surface area contributed by atoms with Gasteiger partial charge in [-0.1, -0.05) is 24.1 Å². The van der Waals surface area contributed by atoms with E-state index in [4.69, 9.17) is 16.1 Å². The second kappa shape index (κ2) is 11.2. The minimum Gasteiger partial charge on any atom is -0.508 e. The molecule has 4 aliphatic rings. The maximum absolute atomic E-state index is 16.9. The summed E-state index contributed by atoms with van der Waals surface area (Å²) in [4.78, 5) is 13.8. The van der Waals surface area contributed by atoms with Gasteiger partial charge in [-0.05, 0) is 80.3 Å². The molecule has 5 heterocycles. The highest BCUT2D eigenvalue weighted by Crippen LogP contribution is 2.44. The lowest BCUT2D eigenvalue weighted by molar-refractivity contribution is 0.107. The van der Waals surface area contributed by atoms with Crippen LogP contribution in [-0.2, 0) is 10.8 Å². The van der Waals surface area contributed by atoms with Crippen LogP contribution in [0.4, 0.5) is 14.6 Å². The second-order valence-electron chi connectivity index (χ2n) is 13.4. The number of alkyl halides is 1. The fourth-order valence-corrected chi connectivity index (χ4v) is 10.3. The summed E-state index contributed by atoms with van der Waals surface area (Å²) in [6, 6.07) is 12.2. The van der Waals surface area contributed by atoms with Crippen molar-refractivity contribution in [3.05, 3.63) is 53.8 Å². The van der Waals surface area contributed by atoms with E-state index in [1.54, 1.807) is 18.2 Å². The van der Waals surface area contributed by atoms with Crippen LogP contribution in [0.5, 0.6) is 11.8 Å². The minimum absolute atomic E-state index is 0.00165. The van der Waals surface area contributed by atoms with Gasteiger partial charge in [-0.15, -0.1) is 6.42 Å². The van der Waals surface area contributed by atoms with Gasteiger partial charge in [0.25, 0.3) is 0 Å². The molecule has 0 aliphatic carbocycles. The van der Waals surface area contributed by atoms with Gasteiger partial charge < -0.3 is 14.7 Å². The first kappa shape index (κ1) is 29.6. The van der Waals surface area contributed by atoms with Crippen molar-refractivity contribution in [2.24, 2.45) is 0 Å². The summed E-state index contributed by atoms with van der Waals surface area (Å²) >= 11 is 0. The number of phenolic OH excluding ortho intramolecular Hbond substituents is 1. The average Bonchev–Trinajstić information content (AvgIpc) is 3.71. The number of halogens is 2. The van der Waals surface area contributed by atoms with E-state index in [1.807, 2.05) is 18.2 Å². The maximum atomic E-state index is 16.9. The molecule has 4 aromatic rings. The molecule has 1 spiro atoms. The molecule has 4 fully saturated rings. The van der Waals surface area contributed by atoms with E-state index < -0.39 is 28.3 Å². The number of nitrogens with zero attached hydrogens (tertiary/aromatic N) is 4. The fraction of sp³-hybridized carbons (Fsp3) is 0.444. The number of anilines is 1. The molecule has 10 heteroatoms. The number of phenols is 1. The molecule has 0 radical (unpaired) electrons. The zero-order chi connectivity index (χ0) is 31.6. The Labute approximate surface area is 269 Å². The summed E-state index contributed by atoms with van der Waals surface area (Å²) in [5, 5.41) is 12.5. The SMILES string of the molecule is C#Cc1cccc2cc(O)cc(-c3ccc4c(N5CCC6(CCCS6=O)CC5)nc(OC[C@@]56CCCN5C[C@H](F)C6)nc4c3F)c12. The highest BCUT2D eigenvalue weighted by Gasteiger charge is 2.49. The van der Waals surface area contributed by atoms with E-state index in [2.05, 4.69) is 20.7 Å². The number of fused-ring (bicyclic) bond motifs is 3. The van der Waals surface area contributed by atoms with Gasteiger partial charge in [0.05, 0.1) is 5.54 Å². The maximum Gasteiger partial charge on any atom is 0.319 e. The third-order valence-corrected chi connectivity index (χ3v) is 13.1. The Bertz CT molecular complexity index is 1940. The summed E-state index contributed by atoms with van der Waals surface area (Å²) in [7, 11) is -0.840. The predicted molar refractivity (Wildman–Crippen MR) is 177 cm³/mol. The van der Waals surface area contributed by atoms with Crippen molar-refractivity contribution in [1.29, 1.82) is 0 Å². The number of hydrogen-bond donors (Lipinski definition) is 1. The lowest BCUT2D eigenvalue weighted by Gasteiger charge is -2.39. The van der Waals surface area contributed by atoms with Gasteiger partial charge in [-0.25, -0.2) is 8.78 Å². The molecule has 46 heavy (non-hydrogen) atoms. The summed E-state index contributed by atoms with van der Waals surface area (Å²) < 4.78 is 50.4. The summed E-state index contributed by atoms with van der Waals surface area (Å²) in [6.45, 7) is 2.75. The molecule has 1 unspecified atom stereocenters. The molecule has 8 rings (SSSR count). The van der Waals surface area contributed by atoms with Crippen LogP contribution >= 0.6 is 0 Å². The van der Waals surface area contributed by atoms with E-state index in [-0.39, 0.29) is 34.2 Å². The first-order chi connectivity index (χ1) is 22.3. The van der Waals surface area contributed by atoms with Crippen LogP contribution in [0.2, 0.25) is 0 Å². The van der Waals surface area contributed by atoms with Crippen LogP contribution < -0.4 is 9.64 Å². The molecule has 1 aromatic heterocycles. The summed E-state index contributed by atoms with van der Waals surface area (Å²) in [5.41, 5.74) is 1.01. The van der Waals surface area contributed by atoms with Gasteiger partial charge in [0.15, 0.2) is 5.82 Å². The number of rotatable bonds is 5. The second-order valence-corrected chi connectivity index (χ2v) is 15.3. The van der Waals surface area contributed by atoms with Gasteiger partial charge in [0.2, 0.25) is 0 Å². The standard InChI is InChI=1S/C36H36F2N4O3S/c1-2-23-6-3-7-24-18-26(43)19-29(30(23)24)27-8-9-28-32(31(27)38)39-34(45-22-35-10-4-14-42(35)21-25(37)20-35)40-33(28)41-15-12-36(13-16-41)11-5-17-46(36)44/h1,3,6-9,18-19,25,43H,4-5,10-17,20-22H2/t25-,35+,46?/m1/s1. The Kier molecular flexibility index (Phi) is 7.18. The fourth-order valence-electron chi connectivity index (χ4n) is 8.49. The van der Waals surface area contributed by atoms with Crippen LogP contribution in [0.15, 0.2) is 42.5 Å². The molecule has 0 bridgehead atoms. The zero-order valence-electron chi connectivity index (χ0n) is 25.6. The molecular formula is C36H36F2N4O3S. The average molecular weight is 643 g/mol. The zero-order valence-corrected chi connectivity index (χ0v) is 26.4. The minimum atomic E-state index is -0.899. The number of aromatic nitrogens is 2. The van der Waals surface area contributed by atoms with Crippen molar-refractivity contribution in [3.8, 4) is 35.2 Å². The molecule has 0 saturated carbocycles. The van der Waals surface area contributed by atoms with Gasteiger partial charge in [0.1, 0.15) is 29.9 Å². The van der Waals surface area contributed by atoms with E-state index >= 15 is 4.39 Å². The first-order valence-corrected chi connectivity index (χ1v) is 17.5. The molecule has 3 aromatic carbocycles. The van der Waals surface area contributed by atoms with E-state index in [0.717, 1.165) is 50.8 Å². The van der Waals surface area contributed by atoms with E-state index in [0.29, 0.717) is 59.2 Å². The third-order valence-electron chi connectivity index (χ3n) is 10.8. The van der Waals surface area contributed by atoms with Gasteiger partial charge >= 0.3 is 6.01 Å². The van der Waals surface area contributed by atoms with Crippen LogP contribution in [0, 0.1) is 18.2 Å². The van der Waals surface area contributed by atoms with E-state index in [9.17, 15) is 13.7 Å². The molecule has 3 atom stereocenters. The normalized spacial score (nSPS) is 25.8. The van der Waals surface area contributed by atoms with Crippen molar-refractivity contribution >= 4 is 38.3 Å². The van der Waals surface area contributed by atoms with Crippen molar-refractivity contribution in [2.75, 3.05) is 43.4 Å². The van der Waals surface area contributed by atoms with Crippen molar-refractivity contribution < 1.29 is 22.8 Å². The molecule has 4 aliphatic heterocycles. The number of terminal acetylenes is 1. The predicted octanol–water partition coefficient (Wildman–Crippen LogP) is 6.11. The first-order valence-electron chi connectivity index (χ1n) is 16.2. The lowest BCUT2D eigenvalue weighted by atomic mass is 9.91. The van der Waals surface area contributed by atoms with Crippen LogP contribution in [-0.4, -0.2) is 79.2 Å². The summed E-state index contributed by atoms with van der Waals surface area (Å²) in [6.07, 6.45) is 10.7. The number of ether oxygens (including phenoxy) is 1. The molecule has 7 nitrogen and oxygen atoms in total. The Morgan fingerprint density at radius 1 is 1.07 bits per heavy atom. The van der Waals surface area contributed by atoms with Crippen molar-refractivity contribution in [1.82, 2.24) is 14.9 Å². The van der Waals surface area contributed by atoms with Crippen molar-refractivity contribution in [3.63, 3.8) is 0 Å². The van der Waals surface area contributed by atoms with Gasteiger partial charge in [0, 0.05) is 69.3 Å². The van der Waals surface area contributed by atoms with Crippen molar-refractivity contribution in [2.45, 2.75) is 61.4 Å². The molecule has 1 N–H and O–H groups in total. The lowest BCUT2D eigenvalue weighted by Crippen LogP contribution is -2.45. The van der Waals surface area contributed by atoms with Crippen LogP contribution in [0.25, 0.3) is 32.8 Å². The van der Waals surface area contributed by atoms with Gasteiger partial charge in [-0.3, -0.25) is 9.11 Å². The number of piperidine rings is 1. The Morgan fingerprint density at radius 3 is 2.70 bits per heavy atom. The Hall–Kier alpha value is -3.81. The molecule has 4 saturated heterocycles. The summed E-state index contributed by atoms with van der Waals surface area (Å²) in [5.74, 6) is 3.46. The van der Waals surface area contributed by atoms with E-state index in [1.165, 1.54) is 6.07 Å². The molecular weight excluding hydrogens is 606 g/mol. The third kappa shape index (κ3) is 4.73. The topological polar surface area (TPSA) is 78.8 Å². The quantitative estimate of drug-likeness (QED) is 0.263. The highest BCUT2D eigenvalue weighted by molar-refractivity contribution is 7.86.